The van der Waals surface area contributed by atoms with Crippen LogP contribution in [0.1, 0.15) is 10.4 Å². The zero-order valence-corrected chi connectivity index (χ0v) is 11.9. The second-order valence-electron chi connectivity index (χ2n) is 4.21. The Kier molecular flexibility index (Phi) is 5.12. The van der Waals surface area contributed by atoms with Crippen molar-refractivity contribution >= 4 is 17.7 Å². The number of hydrogen-bond acceptors (Lipinski definition) is 6. The number of carbonyl (C=O) groups excluding carboxylic acids is 1. The smallest absolute Gasteiger partial charge is 0.256 e. The average molecular weight is 283 g/mol. The summed E-state index contributed by atoms with van der Waals surface area (Å²) in [5.74, 6) is -0.109. The maximum atomic E-state index is 12.2. The van der Waals surface area contributed by atoms with Crippen LogP contribution < -0.4 is 0 Å². The summed E-state index contributed by atoms with van der Waals surface area (Å²) in [6.07, 6.45) is 4.93. The number of thioether (sulfide) groups is 1. The fourth-order valence-corrected chi connectivity index (χ4v) is 2.10. The minimum absolute atomic E-state index is 0.0610. The molecule has 0 N–H and O–H groups in total. The van der Waals surface area contributed by atoms with Crippen LogP contribution in [0, 0.1) is 0 Å². The van der Waals surface area contributed by atoms with Crippen LogP contribution in [0.4, 0.5) is 0 Å². The number of hydrogen-bond donors (Lipinski definition) is 0. The van der Waals surface area contributed by atoms with Gasteiger partial charge in [0.25, 0.3) is 5.91 Å². The Bertz CT molecular complexity index is 421. The molecule has 1 aromatic rings. The van der Waals surface area contributed by atoms with Crippen LogP contribution >= 0.6 is 11.8 Å². The van der Waals surface area contributed by atoms with Gasteiger partial charge >= 0.3 is 0 Å². The van der Waals surface area contributed by atoms with E-state index in [9.17, 15) is 4.79 Å². The molecule has 0 spiro atoms. The molecule has 19 heavy (non-hydrogen) atoms. The maximum Gasteiger partial charge on any atom is 0.256 e. The van der Waals surface area contributed by atoms with Crippen molar-refractivity contribution in [1.29, 1.82) is 0 Å². The SMILES string of the molecule is CSc1ncc(C(=O)N(C)CC2COCCO2)cn1. The van der Waals surface area contributed by atoms with Crippen molar-refractivity contribution in [1.82, 2.24) is 14.9 Å². The van der Waals surface area contributed by atoms with Crippen LogP contribution in [0.25, 0.3) is 0 Å². The normalized spacial score (nSPS) is 19.2. The molecule has 1 atom stereocenters. The van der Waals surface area contributed by atoms with Gasteiger partial charge < -0.3 is 14.4 Å². The molecule has 7 heteroatoms. The molecule has 0 saturated carbocycles. The van der Waals surface area contributed by atoms with E-state index in [4.69, 9.17) is 9.47 Å². The highest BCUT2D eigenvalue weighted by Gasteiger charge is 2.20. The fraction of sp³-hybridized carbons (Fsp3) is 0.583. The van der Waals surface area contributed by atoms with E-state index >= 15 is 0 Å². The third-order valence-corrected chi connectivity index (χ3v) is 3.34. The van der Waals surface area contributed by atoms with E-state index in [1.165, 1.54) is 11.8 Å². The first-order chi connectivity index (χ1) is 9.20. The zero-order valence-electron chi connectivity index (χ0n) is 11.0. The fourth-order valence-electron chi connectivity index (χ4n) is 1.78. The van der Waals surface area contributed by atoms with Gasteiger partial charge in [0.15, 0.2) is 5.16 Å². The summed E-state index contributed by atoms with van der Waals surface area (Å²) in [6, 6.07) is 0. The quantitative estimate of drug-likeness (QED) is 0.598. The molecule has 1 unspecified atom stereocenters. The predicted molar refractivity (Wildman–Crippen MR) is 71.3 cm³/mol. The summed E-state index contributed by atoms with van der Waals surface area (Å²) in [7, 11) is 1.74. The summed E-state index contributed by atoms with van der Waals surface area (Å²) in [6.45, 7) is 2.24. The number of ether oxygens (including phenoxy) is 2. The van der Waals surface area contributed by atoms with Crippen molar-refractivity contribution in [3.8, 4) is 0 Å². The van der Waals surface area contributed by atoms with Crippen LogP contribution in [0.3, 0.4) is 0 Å². The third-order valence-electron chi connectivity index (χ3n) is 2.77. The number of nitrogens with zero attached hydrogens (tertiary/aromatic N) is 3. The summed E-state index contributed by atoms with van der Waals surface area (Å²) in [4.78, 5) is 22.0. The molecule has 0 radical (unpaired) electrons. The summed E-state index contributed by atoms with van der Waals surface area (Å²) >= 11 is 1.44. The van der Waals surface area contributed by atoms with Gasteiger partial charge in [-0.1, -0.05) is 11.8 Å². The second-order valence-corrected chi connectivity index (χ2v) is 4.99. The van der Waals surface area contributed by atoms with E-state index in [-0.39, 0.29) is 12.0 Å². The Balaban J connectivity index is 1.93. The first kappa shape index (κ1) is 14.2. The molecule has 1 aliphatic heterocycles. The predicted octanol–water partition coefficient (Wildman–Crippen LogP) is 0.686. The lowest BCUT2D eigenvalue weighted by molar-refractivity contribution is -0.0933. The van der Waals surface area contributed by atoms with Gasteiger partial charge in [-0.2, -0.15) is 0 Å². The van der Waals surface area contributed by atoms with Crippen molar-refractivity contribution in [2.75, 3.05) is 39.7 Å². The molecule has 2 rings (SSSR count). The number of amides is 1. The molecule has 0 aliphatic carbocycles. The van der Waals surface area contributed by atoms with Gasteiger partial charge in [0.05, 0.1) is 31.5 Å². The van der Waals surface area contributed by atoms with Crippen molar-refractivity contribution in [2.24, 2.45) is 0 Å². The lowest BCUT2D eigenvalue weighted by Gasteiger charge is -2.27. The summed E-state index contributed by atoms with van der Waals surface area (Å²) < 4.78 is 10.8. The number of aromatic nitrogens is 2. The molecule has 1 fully saturated rings. The van der Waals surface area contributed by atoms with Crippen LogP contribution in [0.15, 0.2) is 17.6 Å². The van der Waals surface area contributed by atoms with Crippen LogP contribution in [0.2, 0.25) is 0 Å². The highest BCUT2D eigenvalue weighted by atomic mass is 32.2. The third kappa shape index (κ3) is 3.89. The molecule has 2 heterocycles. The first-order valence-corrected chi connectivity index (χ1v) is 7.24. The van der Waals surface area contributed by atoms with Gasteiger partial charge in [0.2, 0.25) is 0 Å². The Morgan fingerprint density at radius 1 is 1.47 bits per heavy atom. The highest BCUT2D eigenvalue weighted by molar-refractivity contribution is 7.98. The Morgan fingerprint density at radius 2 is 2.21 bits per heavy atom. The van der Waals surface area contributed by atoms with Gasteiger partial charge in [0, 0.05) is 26.0 Å². The Labute approximate surface area is 116 Å². The standard InChI is InChI=1S/C12H17N3O3S/c1-15(7-10-8-17-3-4-18-10)11(16)9-5-13-12(19-2)14-6-9/h5-6,10H,3-4,7-8H2,1-2H3. The van der Waals surface area contributed by atoms with E-state index in [2.05, 4.69) is 9.97 Å². The van der Waals surface area contributed by atoms with Crippen molar-refractivity contribution in [3.05, 3.63) is 18.0 Å². The van der Waals surface area contributed by atoms with Crippen LogP contribution in [-0.2, 0) is 9.47 Å². The monoisotopic (exact) mass is 283 g/mol. The highest BCUT2D eigenvalue weighted by Crippen LogP contribution is 2.09. The Hall–Kier alpha value is -1.18. The number of rotatable bonds is 4. The van der Waals surface area contributed by atoms with E-state index in [0.29, 0.717) is 37.1 Å². The molecule has 1 amide bonds. The summed E-state index contributed by atoms with van der Waals surface area (Å²) in [5, 5.41) is 0.656. The van der Waals surface area contributed by atoms with E-state index < -0.39 is 0 Å². The van der Waals surface area contributed by atoms with Gasteiger partial charge in [-0.15, -0.1) is 0 Å². The molecule has 6 nitrogen and oxygen atoms in total. The van der Waals surface area contributed by atoms with Crippen molar-refractivity contribution < 1.29 is 14.3 Å². The molecule has 1 saturated heterocycles. The van der Waals surface area contributed by atoms with Gasteiger partial charge in [-0.25, -0.2) is 9.97 Å². The molecule has 0 aromatic carbocycles. The minimum Gasteiger partial charge on any atom is -0.376 e. The van der Waals surface area contributed by atoms with Crippen LogP contribution in [0.5, 0.6) is 0 Å². The molecular weight excluding hydrogens is 266 g/mol. The second kappa shape index (κ2) is 6.83. The van der Waals surface area contributed by atoms with Gasteiger partial charge in [0.1, 0.15) is 0 Å². The van der Waals surface area contributed by atoms with Crippen LogP contribution in [-0.4, -0.2) is 66.5 Å². The van der Waals surface area contributed by atoms with Crippen molar-refractivity contribution in [2.45, 2.75) is 11.3 Å². The average Bonchev–Trinajstić information content (AvgIpc) is 2.47. The lowest BCUT2D eigenvalue weighted by atomic mass is 10.2. The number of carbonyl (C=O) groups is 1. The lowest BCUT2D eigenvalue weighted by Crippen LogP contribution is -2.40. The maximum absolute atomic E-state index is 12.2. The van der Waals surface area contributed by atoms with E-state index in [0.717, 1.165) is 0 Å². The molecule has 1 aromatic heterocycles. The first-order valence-electron chi connectivity index (χ1n) is 6.01. The molecule has 1 aliphatic rings. The minimum atomic E-state index is -0.109. The zero-order chi connectivity index (χ0) is 13.7. The van der Waals surface area contributed by atoms with E-state index in [1.807, 2.05) is 6.26 Å². The summed E-state index contributed by atoms with van der Waals surface area (Å²) in [5.41, 5.74) is 0.483. The van der Waals surface area contributed by atoms with Crippen molar-refractivity contribution in [3.63, 3.8) is 0 Å². The topological polar surface area (TPSA) is 64.6 Å². The number of likely N-dealkylation sites (N-methyl/N-ethyl adjacent to an activating group) is 1. The van der Waals surface area contributed by atoms with Gasteiger partial charge in [-0.05, 0) is 6.26 Å². The van der Waals surface area contributed by atoms with E-state index in [1.54, 1.807) is 24.3 Å². The van der Waals surface area contributed by atoms with Gasteiger partial charge in [-0.3, -0.25) is 4.79 Å². The molecular formula is C12H17N3O3S. The Morgan fingerprint density at radius 3 is 2.79 bits per heavy atom. The largest absolute Gasteiger partial charge is 0.376 e. The molecule has 0 bridgehead atoms. The molecule has 104 valence electrons.